The summed E-state index contributed by atoms with van der Waals surface area (Å²) < 4.78 is 5.39. The summed E-state index contributed by atoms with van der Waals surface area (Å²) >= 11 is 0. The topological polar surface area (TPSA) is 65.0 Å². The van der Waals surface area contributed by atoms with E-state index in [9.17, 15) is 9.90 Å². The van der Waals surface area contributed by atoms with Crippen molar-refractivity contribution in [3.8, 4) is 0 Å². The van der Waals surface area contributed by atoms with E-state index in [1.54, 1.807) is 12.1 Å². The molecule has 1 aliphatic heterocycles. The Morgan fingerprint density at radius 2 is 1.88 bits per heavy atom. The second-order valence-corrected chi connectivity index (χ2v) is 6.07. The van der Waals surface area contributed by atoms with Crippen LogP contribution in [0.5, 0.6) is 0 Å². The Morgan fingerprint density at radius 1 is 1.21 bits per heavy atom. The molecule has 0 aromatic heterocycles. The highest BCUT2D eigenvalue weighted by Gasteiger charge is 2.20. The van der Waals surface area contributed by atoms with Crippen LogP contribution in [0.15, 0.2) is 30.3 Å². The van der Waals surface area contributed by atoms with Gasteiger partial charge in [0.25, 0.3) is 5.91 Å². The largest absolute Gasteiger partial charge is 0.390 e. The van der Waals surface area contributed by atoms with Crippen LogP contribution >= 0.6 is 0 Å². The lowest BCUT2D eigenvalue weighted by Gasteiger charge is -2.21. The van der Waals surface area contributed by atoms with E-state index in [4.69, 9.17) is 4.74 Å². The van der Waals surface area contributed by atoms with Crippen molar-refractivity contribution < 1.29 is 14.6 Å². The first-order valence-electron chi connectivity index (χ1n) is 8.72. The van der Waals surface area contributed by atoms with Gasteiger partial charge in [-0.1, -0.05) is 18.2 Å². The average Bonchev–Trinajstić information content (AvgIpc) is 2.77. The molecule has 2 rings (SSSR count). The lowest BCUT2D eigenvalue weighted by molar-refractivity contribution is 0.0841. The number of ether oxygens (including phenoxy) is 1. The molecule has 1 fully saturated rings. The highest BCUT2D eigenvalue weighted by atomic mass is 16.5. The molecule has 1 aliphatic rings. The molecule has 1 aromatic rings. The van der Waals surface area contributed by atoms with E-state index in [1.165, 1.54) is 0 Å². The van der Waals surface area contributed by atoms with Crippen LogP contribution in [0.4, 0.5) is 0 Å². The van der Waals surface area contributed by atoms with Crippen LogP contribution in [0.2, 0.25) is 0 Å². The number of hydrogen-bond acceptors (Lipinski definition) is 5. The first-order valence-corrected chi connectivity index (χ1v) is 8.72. The van der Waals surface area contributed by atoms with E-state index in [2.05, 4.69) is 15.1 Å². The summed E-state index contributed by atoms with van der Waals surface area (Å²) in [5.74, 6) is -0.0516. The number of nitrogens with zero attached hydrogens (tertiary/aromatic N) is 2. The van der Waals surface area contributed by atoms with E-state index in [-0.39, 0.29) is 12.0 Å². The van der Waals surface area contributed by atoms with E-state index in [0.29, 0.717) is 31.8 Å². The summed E-state index contributed by atoms with van der Waals surface area (Å²) in [5.41, 5.74) is 0.676. The van der Waals surface area contributed by atoms with Gasteiger partial charge in [0.1, 0.15) is 0 Å². The van der Waals surface area contributed by atoms with Gasteiger partial charge in [-0.3, -0.25) is 14.6 Å². The van der Waals surface area contributed by atoms with Gasteiger partial charge >= 0.3 is 0 Å². The maximum absolute atomic E-state index is 12.0. The highest BCUT2D eigenvalue weighted by Crippen LogP contribution is 2.04. The number of carbonyl (C=O) groups is 1. The molecule has 1 atom stereocenters. The molecular formula is C18H29N3O3. The summed E-state index contributed by atoms with van der Waals surface area (Å²) in [6.45, 7) is 8.73. The van der Waals surface area contributed by atoms with Gasteiger partial charge in [-0.15, -0.1) is 0 Å². The smallest absolute Gasteiger partial charge is 0.251 e. The van der Waals surface area contributed by atoms with Crippen LogP contribution < -0.4 is 5.32 Å². The molecular weight excluding hydrogens is 306 g/mol. The molecule has 1 saturated heterocycles. The third kappa shape index (κ3) is 6.57. The van der Waals surface area contributed by atoms with Crippen LogP contribution in [-0.2, 0) is 4.74 Å². The number of benzene rings is 1. The zero-order valence-corrected chi connectivity index (χ0v) is 14.5. The number of hydrogen-bond donors (Lipinski definition) is 2. The molecule has 0 radical (unpaired) electrons. The Balaban J connectivity index is 1.70. The number of aliphatic hydroxyl groups is 1. The van der Waals surface area contributed by atoms with E-state index in [1.807, 2.05) is 25.1 Å². The van der Waals surface area contributed by atoms with Gasteiger partial charge in [-0.05, 0) is 19.1 Å². The van der Waals surface area contributed by atoms with Crippen LogP contribution in [0.3, 0.4) is 0 Å². The second kappa shape index (κ2) is 10.4. The third-order valence-electron chi connectivity index (χ3n) is 4.18. The number of aliphatic hydroxyl groups excluding tert-OH is 1. The van der Waals surface area contributed by atoms with Gasteiger partial charge in [-0.2, -0.15) is 0 Å². The number of amides is 1. The molecule has 0 spiro atoms. The fourth-order valence-electron chi connectivity index (χ4n) is 2.88. The van der Waals surface area contributed by atoms with Crippen LogP contribution in [-0.4, -0.2) is 85.9 Å². The van der Waals surface area contributed by atoms with E-state index >= 15 is 0 Å². The van der Waals surface area contributed by atoms with Crippen LogP contribution in [0.25, 0.3) is 0 Å². The van der Waals surface area contributed by atoms with Crippen molar-refractivity contribution in [2.45, 2.75) is 13.0 Å². The summed E-state index contributed by atoms with van der Waals surface area (Å²) in [4.78, 5) is 16.5. The Morgan fingerprint density at radius 3 is 2.54 bits per heavy atom. The maximum Gasteiger partial charge on any atom is 0.251 e. The van der Waals surface area contributed by atoms with Gasteiger partial charge in [0, 0.05) is 58.0 Å². The lowest BCUT2D eigenvalue weighted by Crippen LogP contribution is -2.39. The van der Waals surface area contributed by atoms with E-state index in [0.717, 1.165) is 32.8 Å². The van der Waals surface area contributed by atoms with Crippen molar-refractivity contribution in [2.75, 3.05) is 59.0 Å². The molecule has 0 bridgehead atoms. The predicted octanol–water partition coefficient (Wildman–Crippen LogP) is 0.431. The Kier molecular flexibility index (Phi) is 8.18. The first-order chi connectivity index (χ1) is 11.7. The molecule has 1 amide bonds. The van der Waals surface area contributed by atoms with Gasteiger partial charge in [-0.25, -0.2) is 0 Å². The SMILES string of the molecule is CCOCCN1CCN(CCNC(=O)c2ccccc2)CC(O)C1. The minimum atomic E-state index is -0.362. The van der Waals surface area contributed by atoms with E-state index < -0.39 is 0 Å². The molecule has 2 N–H and O–H groups in total. The highest BCUT2D eigenvalue weighted by molar-refractivity contribution is 5.94. The molecule has 0 saturated carbocycles. The normalized spacial score (nSPS) is 19.8. The van der Waals surface area contributed by atoms with Gasteiger partial charge in [0.05, 0.1) is 12.7 Å². The van der Waals surface area contributed by atoms with Crippen molar-refractivity contribution in [1.29, 1.82) is 0 Å². The molecule has 1 heterocycles. The van der Waals surface area contributed by atoms with Crippen molar-refractivity contribution in [3.63, 3.8) is 0 Å². The minimum absolute atomic E-state index is 0.0516. The number of rotatable bonds is 8. The van der Waals surface area contributed by atoms with Crippen molar-refractivity contribution in [3.05, 3.63) is 35.9 Å². The standard InChI is InChI=1S/C18H29N3O3/c1-2-24-13-12-21-11-10-20(14-17(22)15-21)9-8-19-18(23)16-6-4-3-5-7-16/h3-7,17,22H,2,8-15H2,1H3,(H,19,23). The quantitative estimate of drug-likeness (QED) is 0.675. The molecule has 6 heteroatoms. The third-order valence-corrected chi connectivity index (χ3v) is 4.18. The number of nitrogens with one attached hydrogen (secondary N) is 1. The van der Waals surface area contributed by atoms with Crippen molar-refractivity contribution in [2.24, 2.45) is 0 Å². The predicted molar refractivity (Wildman–Crippen MR) is 94.2 cm³/mol. The van der Waals surface area contributed by atoms with Crippen LogP contribution in [0, 0.1) is 0 Å². The first kappa shape index (κ1) is 18.9. The second-order valence-electron chi connectivity index (χ2n) is 6.07. The number of β-amino-alcohol motifs (C(OH)–C–C–N with tert-alkyl or cyclic N) is 1. The summed E-state index contributed by atoms with van der Waals surface area (Å²) in [6, 6.07) is 9.23. The molecule has 1 aromatic carbocycles. The monoisotopic (exact) mass is 335 g/mol. The fourth-order valence-corrected chi connectivity index (χ4v) is 2.88. The molecule has 6 nitrogen and oxygen atoms in total. The van der Waals surface area contributed by atoms with Gasteiger partial charge in [0.15, 0.2) is 0 Å². The van der Waals surface area contributed by atoms with Gasteiger partial charge in [0.2, 0.25) is 0 Å². The zero-order chi connectivity index (χ0) is 17.2. The number of carbonyl (C=O) groups excluding carboxylic acids is 1. The average molecular weight is 335 g/mol. The fraction of sp³-hybridized carbons (Fsp3) is 0.611. The van der Waals surface area contributed by atoms with Crippen LogP contribution in [0.1, 0.15) is 17.3 Å². The summed E-state index contributed by atoms with van der Waals surface area (Å²) in [6.07, 6.45) is -0.362. The Labute approximate surface area is 144 Å². The zero-order valence-electron chi connectivity index (χ0n) is 14.5. The van der Waals surface area contributed by atoms with Crippen molar-refractivity contribution in [1.82, 2.24) is 15.1 Å². The minimum Gasteiger partial charge on any atom is -0.390 e. The van der Waals surface area contributed by atoms with Gasteiger partial charge < -0.3 is 15.2 Å². The molecule has 134 valence electrons. The molecule has 0 aliphatic carbocycles. The van der Waals surface area contributed by atoms with Crippen molar-refractivity contribution >= 4 is 5.91 Å². The Bertz CT molecular complexity index is 484. The summed E-state index contributed by atoms with van der Waals surface area (Å²) in [7, 11) is 0. The Hall–Kier alpha value is -1.47. The lowest BCUT2D eigenvalue weighted by atomic mass is 10.2. The summed E-state index contributed by atoms with van der Waals surface area (Å²) in [5, 5.41) is 13.1. The molecule has 24 heavy (non-hydrogen) atoms. The molecule has 1 unspecified atom stereocenters. The maximum atomic E-state index is 12.0.